The Morgan fingerprint density at radius 1 is 1.35 bits per heavy atom. The molecule has 0 amide bonds. The molecule has 5 nitrogen and oxygen atoms in total. The summed E-state index contributed by atoms with van der Waals surface area (Å²) in [6, 6.07) is 0. The number of aliphatic hydroxyl groups excluding tert-OH is 1. The Labute approximate surface area is 119 Å². The SMILES string of the molecule is CCCCC(C)CCCC1=C(O)C(CC(=O)O)OC1=O. The molecule has 0 bridgehead atoms. The topological polar surface area (TPSA) is 83.8 Å². The summed E-state index contributed by atoms with van der Waals surface area (Å²) in [6.45, 7) is 4.34. The zero-order chi connectivity index (χ0) is 15.1. The van der Waals surface area contributed by atoms with Crippen LogP contribution in [0.4, 0.5) is 0 Å². The Morgan fingerprint density at radius 3 is 2.60 bits per heavy atom. The van der Waals surface area contributed by atoms with Gasteiger partial charge in [-0.3, -0.25) is 4.79 Å². The summed E-state index contributed by atoms with van der Waals surface area (Å²) in [7, 11) is 0. The van der Waals surface area contributed by atoms with Gasteiger partial charge in [-0.2, -0.15) is 0 Å². The Hall–Kier alpha value is -1.52. The molecular formula is C15H24O5. The van der Waals surface area contributed by atoms with Crippen LogP contribution < -0.4 is 0 Å². The number of rotatable bonds is 9. The van der Waals surface area contributed by atoms with Gasteiger partial charge in [-0.15, -0.1) is 0 Å². The van der Waals surface area contributed by atoms with E-state index in [1.807, 2.05) is 0 Å². The number of hydrogen-bond donors (Lipinski definition) is 2. The first-order valence-electron chi connectivity index (χ1n) is 7.30. The summed E-state index contributed by atoms with van der Waals surface area (Å²) in [5.74, 6) is -1.26. The van der Waals surface area contributed by atoms with E-state index in [1.165, 1.54) is 19.3 Å². The molecule has 2 unspecified atom stereocenters. The predicted molar refractivity (Wildman–Crippen MR) is 74.3 cm³/mol. The standard InChI is InChI=1S/C15H24O5/c1-3-4-6-10(2)7-5-8-11-14(18)12(9-13(16)17)20-15(11)19/h10,12,18H,3-9H2,1-2H3,(H,16,17). The number of aliphatic hydroxyl groups is 1. The first-order chi connectivity index (χ1) is 9.45. The van der Waals surface area contributed by atoms with E-state index < -0.39 is 18.0 Å². The number of aliphatic carboxylic acids is 1. The van der Waals surface area contributed by atoms with E-state index in [1.54, 1.807) is 0 Å². The van der Waals surface area contributed by atoms with Crippen molar-refractivity contribution in [1.82, 2.24) is 0 Å². The van der Waals surface area contributed by atoms with Crippen LogP contribution in [0.15, 0.2) is 11.3 Å². The molecule has 20 heavy (non-hydrogen) atoms. The quantitative estimate of drug-likeness (QED) is 0.635. The summed E-state index contributed by atoms with van der Waals surface area (Å²) in [6.07, 6.45) is 4.43. The number of cyclic esters (lactones) is 1. The largest absolute Gasteiger partial charge is 0.508 e. The highest BCUT2D eigenvalue weighted by Gasteiger charge is 2.34. The number of unbranched alkanes of at least 4 members (excludes halogenated alkanes) is 1. The predicted octanol–water partition coefficient (Wildman–Crippen LogP) is 3.20. The molecule has 0 aromatic rings. The molecule has 1 aliphatic rings. The van der Waals surface area contributed by atoms with Crippen LogP contribution in [0.3, 0.4) is 0 Å². The number of carboxylic acid groups (broad SMARTS) is 1. The second kappa shape index (κ2) is 7.92. The fraction of sp³-hybridized carbons (Fsp3) is 0.733. The summed E-state index contributed by atoms with van der Waals surface area (Å²) in [4.78, 5) is 22.2. The number of carbonyl (C=O) groups is 2. The number of ether oxygens (including phenoxy) is 1. The zero-order valence-corrected chi connectivity index (χ0v) is 12.2. The third-order valence-electron chi connectivity index (χ3n) is 3.64. The van der Waals surface area contributed by atoms with E-state index in [-0.39, 0.29) is 17.8 Å². The van der Waals surface area contributed by atoms with Crippen molar-refractivity contribution in [3.8, 4) is 0 Å². The van der Waals surface area contributed by atoms with E-state index in [0.717, 1.165) is 12.8 Å². The van der Waals surface area contributed by atoms with Crippen molar-refractivity contribution in [3.05, 3.63) is 11.3 Å². The van der Waals surface area contributed by atoms with Gasteiger partial charge in [-0.25, -0.2) is 4.79 Å². The van der Waals surface area contributed by atoms with Gasteiger partial charge in [0.15, 0.2) is 6.10 Å². The van der Waals surface area contributed by atoms with Gasteiger partial charge in [0.25, 0.3) is 0 Å². The smallest absolute Gasteiger partial charge is 0.338 e. The highest BCUT2D eigenvalue weighted by atomic mass is 16.6. The van der Waals surface area contributed by atoms with Gasteiger partial charge in [0.2, 0.25) is 0 Å². The molecule has 0 aromatic carbocycles. The molecule has 1 rings (SSSR count). The van der Waals surface area contributed by atoms with Crippen molar-refractivity contribution in [3.63, 3.8) is 0 Å². The van der Waals surface area contributed by atoms with Crippen LogP contribution in [-0.4, -0.2) is 28.3 Å². The molecule has 0 saturated heterocycles. The monoisotopic (exact) mass is 284 g/mol. The molecule has 0 spiro atoms. The van der Waals surface area contributed by atoms with Gasteiger partial charge in [0, 0.05) is 0 Å². The molecule has 0 aliphatic carbocycles. The molecule has 2 atom stereocenters. The lowest BCUT2D eigenvalue weighted by atomic mass is 9.96. The minimum atomic E-state index is -1.09. The maximum Gasteiger partial charge on any atom is 0.338 e. The molecule has 0 aromatic heterocycles. The van der Waals surface area contributed by atoms with E-state index in [4.69, 9.17) is 9.84 Å². The Morgan fingerprint density at radius 2 is 2.00 bits per heavy atom. The van der Waals surface area contributed by atoms with E-state index in [2.05, 4.69) is 13.8 Å². The first-order valence-corrected chi connectivity index (χ1v) is 7.30. The molecule has 114 valence electrons. The molecule has 5 heteroatoms. The van der Waals surface area contributed by atoms with Crippen molar-refractivity contribution in [1.29, 1.82) is 0 Å². The highest BCUT2D eigenvalue weighted by molar-refractivity contribution is 5.92. The molecule has 0 fully saturated rings. The minimum absolute atomic E-state index is 0.196. The molecule has 1 heterocycles. The molecule has 0 saturated carbocycles. The summed E-state index contributed by atoms with van der Waals surface area (Å²) in [5.41, 5.74) is 0.249. The number of hydrogen-bond acceptors (Lipinski definition) is 4. The first kappa shape index (κ1) is 16.5. The third-order valence-corrected chi connectivity index (χ3v) is 3.64. The van der Waals surface area contributed by atoms with Crippen LogP contribution in [0.25, 0.3) is 0 Å². The summed E-state index contributed by atoms with van der Waals surface area (Å²) >= 11 is 0. The molecule has 1 aliphatic heterocycles. The minimum Gasteiger partial charge on any atom is -0.508 e. The highest BCUT2D eigenvalue weighted by Crippen LogP contribution is 2.27. The van der Waals surface area contributed by atoms with Gasteiger partial charge in [-0.1, -0.05) is 39.5 Å². The van der Waals surface area contributed by atoms with Crippen LogP contribution in [0, 0.1) is 5.92 Å². The average molecular weight is 284 g/mol. The van der Waals surface area contributed by atoms with Crippen molar-refractivity contribution >= 4 is 11.9 Å². The summed E-state index contributed by atoms with van der Waals surface area (Å²) in [5, 5.41) is 18.5. The van der Waals surface area contributed by atoms with Gasteiger partial charge in [0.05, 0.1) is 12.0 Å². The van der Waals surface area contributed by atoms with Crippen LogP contribution in [0.1, 0.15) is 58.8 Å². The lowest BCUT2D eigenvalue weighted by Gasteiger charge is -2.09. The molecule has 2 N–H and O–H groups in total. The lowest BCUT2D eigenvalue weighted by Crippen LogP contribution is -2.16. The number of esters is 1. The second-order valence-electron chi connectivity index (χ2n) is 5.50. The third kappa shape index (κ3) is 4.87. The fourth-order valence-electron chi connectivity index (χ4n) is 2.41. The van der Waals surface area contributed by atoms with Crippen molar-refractivity contribution < 1.29 is 24.5 Å². The van der Waals surface area contributed by atoms with E-state index >= 15 is 0 Å². The normalized spacial score (nSPS) is 20.1. The van der Waals surface area contributed by atoms with Crippen molar-refractivity contribution in [2.75, 3.05) is 0 Å². The van der Waals surface area contributed by atoms with Gasteiger partial charge < -0.3 is 14.9 Å². The van der Waals surface area contributed by atoms with Crippen LogP contribution in [0.2, 0.25) is 0 Å². The maximum atomic E-state index is 11.6. The van der Waals surface area contributed by atoms with Gasteiger partial charge in [0.1, 0.15) is 5.76 Å². The van der Waals surface area contributed by atoms with Crippen molar-refractivity contribution in [2.24, 2.45) is 5.92 Å². The fourth-order valence-corrected chi connectivity index (χ4v) is 2.41. The number of carboxylic acids is 1. The van der Waals surface area contributed by atoms with Gasteiger partial charge in [-0.05, 0) is 18.8 Å². The van der Waals surface area contributed by atoms with Gasteiger partial charge >= 0.3 is 11.9 Å². The second-order valence-corrected chi connectivity index (χ2v) is 5.50. The zero-order valence-electron chi connectivity index (χ0n) is 12.2. The summed E-state index contributed by atoms with van der Waals surface area (Å²) < 4.78 is 4.88. The van der Waals surface area contributed by atoms with E-state index in [9.17, 15) is 14.7 Å². The number of carbonyl (C=O) groups excluding carboxylic acids is 1. The van der Waals surface area contributed by atoms with Crippen LogP contribution in [-0.2, 0) is 14.3 Å². The molecular weight excluding hydrogens is 260 g/mol. The van der Waals surface area contributed by atoms with E-state index in [0.29, 0.717) is 12.3 Å². The Balaban J connectivity index is 2.43. The average Bonchev–Trinajstić information content (AvgIpc) is 2.63. The Bertz CT molecular complexity index is 386. The van der Waals surface area contributed by atoms with Crippen LogP contribution in [0.5, 0.6) is 0 Å². The maximum absolute atomic E-state index is 11.6. The molecule has 0 radical (unpaired) electrons. The van der Waals surface area contributed by atoms with Crippen molar-refractivity contribution in [2.45, 2.75) is 64.9 Å². The van der Waals surface area contributed by atoms with Crippen LogP contribution >= 0.6 is 0 Å². The Kier molecular flexibility index (Phi) is 6.55. The lowest BCUT2D eigenvalue weighted by molar-refractivity contribution is -0.145.